The molecule has 0 atom stereocenters. The Morgan fingerprint density at radius 1 is 1.00 bits per heavy atom. The van der Waals surface area contributed by atoms with E-state index in [1.807, 2.05) is 49.4 Å². The number of rotatable bonds is 9. The van der Waals surface area contributed by atoms with Gasteiger partial charge in [-0.05, 0) is 54.4 Å². The van der Waals surface area contributed by atoms with Crippen LogP contribution < -0.4 is 14.8 Å². The van der Waals surface area contributed by atoms with Gasteiger partial charge in [-0.1, -0.05) is 41.9 Å². The SMILES string of the molecule is COCOc1ccc(C(=O)NCc2cc(Cl)ccc2OCc2ccccc2)c(C)c1. The molecule has 0 aliphatic carbocycles. The normalized spacial score (nSPS) is 10.5. The van der Waals surface area contributed by atoms with Gasteiger partial charge in [-0.25, -0.2) is 0 Å². The van der Waals surface area contributed by atoms with Gasteiger partial charge >= 0.3 is 0 Å². The van der Waals surface area contributed by atoms with Crippen LogP contribution in [0.5, 0.6) is 11.5 Å². The van der Waals surface area contributed by atoms with Gasteiger partial charge in [0.05, 0.1) is 0 Å². The highest BCUT2D eigenvalue weighted by Gasteiger charge is 2.12. The molecule has 0 radical (unpaired) electrons. The third-order valence-corrected chi connectivity index (χ3v) is 4.72. The molecule has 0 spiro atoms. The minimum absolute atomic E-state index is 0.158. The molecule has 3 rings (SSSR count). The highest BCUT2D eigenvalue weighted by Crippen LogP contribution is 2.24. The molecule has 0 heterocycles. The number of benzene rings is 3. The summed E-state index contributed by atoms with van der Waals surface area (Å²) in [5.41, 5.74) is 3.26. The highest BCUT2D eigenvalue weighted by atomic mass is 35.5. The van der Waals surface area contributed by atoms with Crippen LogP contribution in [0.15, 0.2) is 66.7 Å². The summed E-state index contributed by atoms with van der Waals surface area (Å²) in [5.74, 6) is 1.15. The largest absolute Gasteiger partial charge is 0.489 e. The fourth-order valence-corrected chi connectivity index (χ4v) is 3.14. The molecule has 6 heteroatoms. The molecule has 0 saturated carbocycles. The number of halogens is 1. The summed E-state index contributed by atoms with van der Waals surface area (Å²) in [6.07, 6.45) is 0. The molecule has 0 aliphatic rings. The van der Waals surface area contributed by atoms with Gasteiger partial charge in [-0.2, -0.15) is 0 Å². The van der Waals surface area contributed by atoms with Crippen LogP contribution in [0.3, 0.4) is 0 Å². The Bertz CT molecular complexity index is 992. The monoisotopic (exact) mass is 425 g/mol. The second-order valence-corrected chi connectivity index (χ2v) is 7.17. The summed E-state index contributed by atoms with van der Waals surface area (Å²) in [7, 11) is 1.56. The molecular formula is C24H24ClNO4. The predicted octanol–water partition coefficient (Wildman–Crippen LogP) is 5.14. The molecule has 0 aromatic heterocycles. The second-order valence-electron chi connectivity index (χ2n) is 6.74. The summed E-state index contributed by atoms with van der Waals surface area (Å²) >= 11 is 6.16. The first-order chi connectivity index (χ1) is 14.6. The zero-order valence-corrected chi connectivity index (χ0v) is 17.7. The predicted molar refractivity (Wildman–Crippen MR) is 117 cm³/mol. The fourth-order valence-electron chi connectivity index (χ4n) is 2.94. The van der Waals surface area contributed by atoms with E-state index >= 15 is 0 Å². The van der Waals surface area contributed by atoms with E-state index in [9.17, 15) is 4.79 Å². The van der Waals surface area contributed by atoms with E-state index in [1.54, 1.807) is 31.4 Å². The molecule has 3 aromatic carbocycles. The van der Waals surface area contributed by atoms with Crippen molar-refractivity contribution in [1.82, 2.24) is 5.32 Å². The molecule has 1 amide bonds. The summed E-state index contributed by atoms with van der Waals surface area (Å²) in [4.78, 5) is 12.7. The van der Waals surface area contributed by atoms with Gasteiger partial charge in [-0.3, -0.25) is 4.79 Å². The first kappa shape index (κ1) is 21.7. The van der Waals surface area contributed by atoms with Crippen LogP contribution in [0.25, 0.3) is 0 Å². The van der Waals surface area contributed by atoms with E-state index in [0.29, 0.717) is 35.2 Å². The van der Waals surface area contributed by atoms with E-state index in [-0.39, 0.29) is 12.7 Å². The van der Waals surface area contributed by atoms with Crippen LogP contribution in [0.1, 0.15) is 27.0 Å². The molecule has 3 aromatic rings. The summed E-state index contributed by atoms with van der Waals surface area (Å²) in [6.45, 7) is 2.75. The molecule has 0 fully saturated rings. The van der Waals surface area contributed by atoms with E-state index in [4.69, 9.17) is 25.8 Å². The zero-order chi connectivity index (χ0) is 21.3. The molecule has 30 heavy (non-hydrogen) atoms. The van der Waals surface area contributed by atoms with Crippen molar-refractivity contribution in [3.8, 4) is 11.5 Å². The van der Waals surface area contributed by atoms with Crippen molar-refractivity contribution in [3.05, 3.63) is 94.0 Å². The first-order valence-electron chi connectivity index (χ1n) is 9.52. The van der Waals surface area contributed by atoms with Crippen molar-refractivity contribution < 1.29 is 19.0 Å². The molecule has 156 valence electrons. The highest BCUT2D eigenvalue weighted by molar-refractivity contribution is 6.30. The standard InChI is InChI=1S/C24H24ClNO4/c1-17-12-21(30-16-28-2)9-10-22(17)24(27)26-14-19-13-20(25)8-11-23(19)29-15-18-6-4-3-5-7-18/h3-13H,14-16H2,1-2H3,(H,26,27). The number of amides is 1. The van der Waals surface area contributed by atoms with Crippen molar-refractivity contribution in [2.24, 2.45) is 0 Å². The maximum Gasteiger partial charge on any atom is 0.251 e. The van der Waals surface area contributed by atoms with Crippen LogP contribution >= 0.6 is 11.6 Å². The van der Waals surface area contributed by atoms with Gasteiger partial charge in [0.2, 0.25) is 0 Å². The smallest absolute Gasteiger partial charge is 0.251 e. The summed E-state index contributed by atoms with van der Waals surface area (Å²) < 4.78 is 16.3. The molecule has 0 bridgehead atoms. The summed E-state index contributed by atoms with van der Waals surface area (Å²) in [6, 6.07) is 20.6. The average Bonchev–Trinajstić information content (AvgIpc) is 2.76. The van der Waals surface area contributed by atoms with Crippen molar-refractivity contribution in [1.29, 1.82) is 0 Å². The van der Waals surface area contributed by atoms with Crippen molar-refractivity contribution in [2.75, 3.05) is 13.9 Å². The Morgan fingerprint density at radius 2 is 1.80 bits per heavy atom. The molecular weight excluding hydrogens is 402 g/mol. The number of carbonyl (C=O) groups is 1. The zero-order valence-electron chi connectivity index (χ0n) is 17.0. The Balaban J connectivity index is 1.66. The first-order valence-corrected chi connectivity index (χ1v) is 9.90. The van der Waals surface area contributed by atoms with Gasteiger partial charge in [0.25, 0.3) is 5.91 Å². The van der Waals surface area contributed by atoms with Crippen LogP contribution in [-0.4, -0.2) is 19.8 Å². The van der Waals surface area contributed by atoms with Crippen molar-refractivity contribution in [2.45, 2.75) is 20.1 Å². The van der Waals surface area contributed by atoms with Crippen LogP contribution in [0.2, 0.25) is 5.02 Å². The lowest BCUT2D eigenvalue weighted by Gasteiger charge is -2.14. The van der Waals surface area contributed by atoms with Crippen LogP contribution in [-0.2, 0) is 17.9 Å². The van der Waals surface area contributed by atoms with Crippen molar-refractivity contribution >= 4 is 17.5 Å². The molecule has 1 N–H and O–H groups in total. The van der Waals surface area contributed by atoms with Gasteiger partial charge in [0.1, 0.15) is 18.1 Å². The Kier molecular flexibility index (Phi) is 7.71. The van der Waals surface area contributed by atoms with Crippen LogP contribution in [0.4, 0.5) is 0 Å². The number of nitrogens with one attached hydrogen (secondary N) is 1. The Morgan fingerprint density at radius 3 is 2.53 bits per heavy atom. The Labute approximate surface area is 181 Å². The minimum Gasteiger partial charge on any atom is -0.489 e. The molecule has 5 nitrogen and oxygen atoms in total. The van der Waals surface area contributed by atoms with E-state index < -0.39 is 0 Å². The Hall–Kier alpha value is -3.02. The van der Waals surface area contributed by atoms with E-state index in [0.717, 1.165) is 16.7 Å². The van der Waals surface area contributed by atoms with Crippen molar-refractivity contribution in [3.63, 3.8) is 0 Å². The lowest BCUT2D eigenvalue weighted by atomic mass is 10.1. The number of methoxy groups -OCH3 is 1. The lowest BCUT2D eigenvalue weighted by Crippen LogP contribution is -2.24. The second kappa shape index (κ2) is 10.7. The topological polar surface area (TPSA) is 56.8 Å². The lowest BCUT2D eigenvalue weighted by molar-refractivity contribution is 0.0511. The number of carbonyl (C=O) groups excluding carboxylic acids is 1. The quantitative estimate of drug-likeness (QED) is 0.482. The number of hydrogen-bond donors (Lipinski definition) is 1. The third kappa shape index (κ3) is 5.99. The maximum atomic E-state index is 12.7. The molecule has 0 unspecified atom stereocenters. The molecule has 0 aliphatic heterocycles. The molecule has 0 saturated heterocycles. The van der Waals surface area contributed by atoms with Gasteiger partial charge < -0.3 is 19.5 Å². The number of aryl methyl sites for hydroxylation is 1. The number of ether oxygens (including phenoxy) is 3. The fraction of sp³-hybridized carbons (Fsp3) is 0.208. The maximum absolute atomic E-state index is 12.7. The van der Waals surface area contributed by atoms with Crippen LogP contribution in [0, 0.1) is 6.92 Å². The number of hydrogen-bond acceptors (Lipinski definition) is 4. The van der Waals surface area contributed by atoms with Gasteiger partial charge in [0, 0.05) is 29.8 Å². The van der Waals surface area contributed by atoms with E-state index in [2.05, 4.69) is 5.32 Å². The van der Waals surface area contributed by atoms with Gasteiger partial charge in [-0.15, -0.1) is 0 Å². The minimum atomic E-state index is -0.181. The summed E-state index contributed by atoms with van der Waals surface area (Å²) in [5, 5.41) is 3.53. The van der Waals surface area contributed by atoms with E-state index in [1.165, 1.54) is 0 Å². The van der Waals surface area contributed by atoms with Gasteiger partial charge in [0.15, 0.2) is 6.79 Å². The average molecular weight is 426 g/mol. The third-order valence-electron chi connectivity index (χ3n) is 4.49.